The van der Waals surface area contributed by atoms with Gasteiger partial charge >= 0.3 is 0 Å². The predicted molar refractivity (Wildman–Crippen MR) is 79.1 cm³/mol. The molecular formula is C14H30N4O. The zero-order chi connectivity index (χ0) is 14.4. The molecular weight excluding hydrogens is 240 g/mol. The van der Waals surface area contributed by atoms with Gasteiger partial charge in [-0.2, -0.15) is 0 Å². The molecule has 0 bridgehead atoms. The molecule has 112 valence electrons. The molecule has 1 aliphatic heterocycles. The third kappa shape index (κ3) is 4.44. The summed E-state index contributed by atoms with van der Waals surface area (Å²) >= 11 is 0. The monoisotopic (exact) mass is 270 g/mol. The van der Waals surface area contributed by atoms with Crippen molar-refractivity contribution < 1.29 is 4.79 Å². The molecule has 1 rings (SSSR count). The second-order valence-electron chi connectivity index (χ2n) is 5.48. The molecule has 0 aromatic heterocycles. The van der Waals surface area contributed by atoms with Crippen molar-refractivity contribution in [1.82, 2.24) is 14.7 Å². The number of rotatable bonds is 6. The molecule has 2 atom stereocenters. The second kappa shape index (κ2) is 7.82. The number of carbonyl (C=O) groups excluding carboxylic acids is 1. The Kier molecular flexibility index (Phi) is 6.75. The van der Waals surface area contributed by atoms with Crippen LogP contribution < -0.4 is 5.73 Å². The van der Waals surface area contributed by atoms with E-state index >= 15 is 0 Å². The number of piperazine rings is 1. The van der Waals surface area contributed by atoms with E-state index in [2.05, 4.69) is 23.8 Å². The van der Waals surface area contributed by atoms with Crippen LogP contribution in [-0.4, -0.2) is 79.0 Å². The first-order valence-electron chi connectivity index (χ1n) is 7.45. The Morgan fingerprint density at radius 1 is 1.37 bits per heavy atom. The van der Waals surface area contributed by atoms with Gasteiger partial charge in [0.05, 0.1) is 0 Å². The Hall–Kier alpha value is -0.650. The number of amides is 1. The summed E-state index contributed by atoms with van der Waals surface area (Å²) in [7, 11) is 2.15. The highest BCUT2D eigenvalue weighted by molar-refractivity contribution is 5.76. The lowest BCUT2D eigenvalue weighted by Crippen LogP contribution is -2.56. The molecule has 2 N–H and O–H groups in total. The molecule has 2 unspecified atom stereocenters. The number of nitrogens with zero attached hydrogens (tertiary/aromatic N) is 3. The zero-order valence-electron chi connectivity index (χ0n) is 12.9. The van der Waals surface area contributed by atoms with Crippen LogP contribution in [0.25, 0.3) is 0 Å². The zero-order valence-corrected chi connectivity index (χ0v) is 12.9. The molecule has 5 nitrogen and oxygen atoms in total. The maximum Gasteiger partial charge on any atom is 0.224 e. The van der Waals surface area contributed by atoms with Gasteiger partial charge < -0.3 is 15.5 Å². The quantitative estimate of drug-likeness (QED) is 0.749. The lowest BCUT2D eigenvalue weighted by molar-refractivity contribution is -0.132. The number of carbonyl (C=O) groups is 1. The van der Waals surface area contributed by atoms with Crippen molar-refractivity contribution in [2.75, 3.05) is 46.3 Å². The lowest BCUT2D eigenvalue weighted by atomic mass is 10.1. The largest absolute Gasteiger partial charge is 0.343 e. The smallest absolute Gasteiger partial charge is 0.224 e. The fourth-order valence-corrected chi connectivity index (χ4v) is 2.68. The van der Waals surface area contributed by atoms with Gasteiger partial charge in [0.2, 0.25) is 5.91 Å². The fourth-order valence-electron chi connectivity index (χ4n) is 2.68. The summed E-state index contributed by atoms with van der Waals surface area (Å²) in [5.41, 5.74) is 5.89. The van der Waals surface area contributed by atoms with E-state index in [1.807, 2.05) is 18.7 Å². The van der Waals surface area contributed by atoms with Gasteiger partial charge in [-0.05, 0) is 27.8 Å². The standard InChI is InChI=1S/C14H30N4O/c1-5-17(6-2)14(19)9-13(10-15)18-8-7-16(4)12(3)11-18/h12-13H,5-11,15H2,1-4H3. The molecule has 1 aliphatic rings. The third-order valence-electron chi connectivity index (χ3n) is 4.31. The van der Waals surface area contributed by atoms with Crippen molar-refractivity contribution in [1.29, 1.82) is 0 Å². The molecule has 1 heterocycles. The number of hydrogen-bond donors (Lipinski definition) is 1. The maximum atomic E-state index is 12.2. The van der Waals surface area contributed by atoms with Gasteiger partial charge in [0.15, 0.2) is 0 Å². The molecule has 1 fully saturated rings. The van der Waals surface area contributed by atoms with E-state index in [4.69, 9.17) is 5.73 Å². The van der Waals surface area contributed by atoms with Crippen LogP contribution >= 0.6 is 0 Å². The summed E-state index contributed by atoms with van der Waals surface area (Å²) in [4.78, 5) is 18.8. The minimum absolute atomic E-state index is 0.184. The first-order chi connectivity index (χ1) is 9.03. The molecule has 0 aromatic carbocycles. The van der Waals surface area contributed by atoms with Crippen LogP contribution in [0.4, 0.5) is 0 Å². The van der Waals surface area contributed by atoms with E-state index in [-0.39, 0.29) is 11.9 Å². The van der Waals surface area contributed by atoms with Gasteiger partial charge in [-0.15, -0.1) is 0 Å². The average molecular weight is 270 g/mol. The first kappa shape index (κ1) is 16.4. The van der Waals surface area contributed by atoms with Crippen LogP contribution in [0.5, 0.6) is 0 Å². The minimum Gasteiger partial charge on any atom is -0.343 e. The number of hydrogen-bond acceptors (Lipinski definition) is 4. The van der Waals surface area contributed by atoms with Gasteiger partial charge in [0, 0.05) is 57.8 Å². The first-order valence-corrected chi connectivity index (χ1v) is 7.45. The highest BCUT2D eigenvalue weighted by atomic mass is 16.2. The summed E-state index contributed by atoms with van der Waals surface area (Å²) in [6.07, 6.45) is 0.550. The van der Waals surface area contributed by atoms with Crippen LogP contribution in [0.3, 0.4) is 0 Å². The normalized spacial score (nSPS) is 23.3. The van der Waals surface area contributed by atoms with Gasteiger partial charge in [0.25, 0.3) is 0 Å². The topological polar surface area (TPSA) is 52.8 Å². The van der Waals surface area contributed by atoms with Gasteiger partial charge in [-0.1, -0.05) is 0 Å². The molecule has 0 aromatic rings. The third-order valence-corrected chi connectivity index (χ3v) is 4.31. The Bertz CT molecular complexity index is 281. The van der Waals surface area contributed by atoms with Crippen molar-refractivity contribution in [3.05, 3.63) is 0 Å². The van der Waals surface area contributed by atoms with E-state index in [9.17, 15) is 4.79 Å². The van der Waals surface area contributed by atoms with Crippen LogP contribution in [0, 0.1) is 0 Å². The second-order valence-corrected chi connectivity index (χ2v) is 5.48. The SMILES string of the molecule is CCN(CC)C(=O)CC(CN)N1CCN(C)C(C)C1. The molecule has 0 aliphatic carbocycles. The Labute approximate surface area is 117 Å². The molecule has 5 heteroatoms. The van der Waals surface area contributed by atoms with Gasteiger partial charge in [-0.25, -0.2) is 0 Å². The Morgan fingerprint density at radius 3 is 2.47 bits per heavy atom. The molecule has 1 amide bonds. The number of likely N-dealkylation sites (N-methyl/N-ethyl adjacent to an activating group) is 1. The minimum atomic E-state index is 0.184. The summed E-state index contributed by atoms with van der Waals surface area (Å²) in [6, 6.07) is 0.718. The molecule has 0 spiro atoms. The molecule has 0 radical (unpaired) electrons. The van der Waals surface area contributed by atoms with Crippen molar-refractivity contribution in [2.24, 2.45) is 5.73 Å². The average Bonchev–Trinajstić information content (AvgIpc) is 2.40. The van der Waals surface area contributed by atoms with E-state index in [1.54, 1.807) is 0 Å². The summed E-state index contributed by atoms with van der Waals surface area (Å²) in [5.74, 6) is 0.229. The Balaban J connectivity index is 2.56. The summed E-state index contributed by atoms with van der Waals surface area (Å²) in [6.45, 7) is 11.5. The van der Waals surface area contributed by atoms with E-state index < -0.39 is 0 Å². The summed E-state index contributed by atoms with van der Waals surface area (Å²) in [5, 5.41) is 0. The van der Waals surface area contributed by atoms with E-state index in [1.165, 1.54) is 0 Å². The van der Waals surface area contributed by atoms with E-state index in [0.29, 0.717) is 19.0 Å². The van der Waals surface area contributed by atoms with Crippen molar-refractivity contribution in [3.8, 4) is 0 Å². The molecule has 19 heavy (non-hydrogen) atoms. The highest BCUT2D eigenvalue weighted by Crippen LogP contribution is 2.13. The van der Waals surface area contributed by atoms with Crippen molar-refractivity contribution >= 4 is 5.91 Å². The maximum absolute atomic E-state index is 12.2. The van der Waals surface area contributed by atoms with Gasteiger partial charge in [-0.3, -0.25) is 9.69 Å². The van der Waals surface area contributed by atoms with Crippen molar-refractivity contribution in [3.63, 3.8) is 0 Å². The van der Waals surface area contributed by atoms with Crippen LogP contribution in [-0.2, 0) is 4.79 Å². The predicted octanol–water partition coefficient (Wildman–Crippen LogP) is 0.208. The molecule has 0 saturated carbocycles. The van der Waals surface area contributed by atoms with E-state index in [0.717, 1.165) is 32.7 Å². The van der Waals surface area contributed by atoms with Crippen LogP contribution in [0.2, 0.25) is 0 Å². The number of nitrogens with two attached hydrogens (primary N) is 1. The van der Waals surface area contributed by atoms with Crippen molar-refractivity contribution in [2.45, 2.75) is 39.3 Å². The van der Waals surface area contributed by atoms with Gasteiger partial charge in [0.1, 0.15) is 0 Å². The van der Waals surface area contributed by atoms with Crippen LogP contribution in [0.1, 0.15) is 27.2 Å². The molecule has 1 saturated heterocycles. The fraction of sp³-hybridized carbons (Fsp3) is 0.929. The van der Waals surface area contributed by atoms with Crippen LogP contribution in [0.15, 0.2) is 0 Å². The summed E-state index contributed by atoms with van der Waals surface area (Å²) < 4.78 is 0. The Morgan fingerprint density at radius 2 is 2.00 bits per heavy atom. The highest BCUT2D eigenvalue weighted by Gasteiger charge is 2.28. The lowest BCUT2D eigenvalue weighted by Gasteiger charge is -2.41.